The van der Waals surface area contributed by atoms with Crippen LogP contribution < -0.4 is 0 Å². The van der Waals surface area contributed by atoms with Crippen molar-refractivity contribution in [1.29, 1.82) is 0 Å². The van der Waals surface area contributed by atoms with Crippen molar-refractivity contribution < 1.29 is 14.6 Å². The molecule has 0 aliphatic carbocycles. The number of benzene rings is 2. The lowest BCUT2D eigenvalue weighted by atomic mass is 9.90. The van der Waals surface area contributed by atoms with E-state index in [1.807, 2.05) is 0 Å². The second-order valence-corrected chi connectivity index (χ2v) is 6.62. The first-order chi connectivity index (χ1) is 11.6. The van der Waals surface area contributed by atoms with Gasteiger partial charge in [-0.25, -0.2) is 4.79 Å². The van der Waals surface area contributed by atoms with E-state index in [4.69, 9.17) is 0 Å². The van der Waals surface area contributed by atoms with Gasteiger partial charge in [0.25, 0.3) is 0 Å². The van der Waals surface area contributed by atoms with Crippen molar-refractivity contribution in [2.75, 3.05) is 20.2 Å². The number of nitrogens with zero attached hydrogens (tertiary/aromatic N) is 1. The highest BCUT2D eigenvalue weighted by molar-refractivity contribution is 5.83. The molecule has 2 aromatic carbocycles. The fourth-order valence-corrected chi connectivity index (χ4v) is 3.61. The van der Waals surface area contributed by atoms with E-state index in [9.17, 15) is 9.90 Å². The number of hydrogen-bond donors (Lipinski definition) is 1. The molecule has 1 aliphatic heterocycles. The highest BCUT2D eigenvalue weighted by atomic mass is 16.5. The largest absolute Gasteiger partial charge is 0.467 e. The number of rotatable bonds is 4. The van der Waals surface area contributed by atoms with Crippen LogP contribution in [-0.2, 0) is 9.53 Å². The maximum absolute atomic E-state index is 11.5. The van der Waals surface area contributed by atoms with Crippen LogP contribution in [0.1, 0.15) is 31.4 Å². The van der Waals surface area contributed by atoms with Crippen LogP contribution in [0.25, 0.3) is 10.8 Å². The van der Waals surface area contributed by atoms with Crippen molar-refractivity contribution in [2.24, 2.45) is 5.92 Å². The highest BCUT2D eigenvalue weighted by Crippen LogP contribution is 2.29. The van der Waals surface area contributed by atoms with Crippen molar-refractivity contribution in [3.05, 3.63) is 48.0 Å². The summed E-state index contributed by atoms with van der Waals surface area (Å²) in [5.41, 5.74) is 1.31. The van der Waals surface area contributed by atoms with Gasteiger partial charge in [-0.1, -0.05) is 36.4 Å². The van der Waals surface area contributed by atoms with Gasteiger partial charge < -0.3 is 9.84 Å². The highest BCUT2D eigenvalue weighted by Gasteiger charge is 2.31. The van der Waals surface area contributed by atoms with Gasteiger partial charge in [0, 0.05) is 6.04 Å². The summed E-state index contributed by atoms with van der Waals surface area (Å²) in [7, 11) is 1.32. The summed E-state index contributed by atoms with van der Waals surface area (Å²) in [5.74, 6) is -0.520. The SMILES string of the molecule is COC(=O)C(O)C1CCN(C(C)c2ccc3ccccc3c2)CC1. The molecule has 1 aliphatic rings. The smallest absolute Gasteiger partial charge is 0.334 e. The predicted molar refractivity (Wildman–Crippen MR) is 94.7 cm³/mol. The molecule has 0 radical (unpaired) electrons. The van der Waals surface area contributed by atoms with Crippen LogP contribution in [0.3, 0.4) is 0 Å². The molecule has 2 aromatic rings. The van der Waals surface area contributed by atoms with Gasteiger partial charge in [0.2, 0.25) is 0 Å². The van der Waals surface area contributed by atoms with Gasteiger partial charge in [-0.3, -0.25) is 4.90 Å². The molecule has 1 heterocycles. The second-order valence-electron chi connectivity index (χ2n) is 6.62. The molecule has 2 atom stereocenters. The number of hydrogen-bond acceptors (Lipinski definition) is 4. The molecule has 1 saturated heterocycles. The lowest BCUT2D eigenvalue weighted by molar-refractivity contribution is -0.154. The molecule has 4 nitrogen and oxygen atoms in total. The standard InChI is InChI=1S/C20H25NO3/c1-14(17-8-7-15-5-3-4-6-18(15)13-17)21-11-9-16(10-12-21)19(22)20(23)24-2/h3-8,13-14,16,19,22H,9-12H2,1-2H3. The molecule has 0 bridgehead atoms. The number of aliphatic hydroxyl groups is 1. The van der Waals surface area contributed by atoms with Crippen LogP contribution in [0.2, 0.25) is 0 Å². The zero-order valence-electron chi connectivity index (χ0n) is 14.3. The Balaban J connectivity index is 1.66. The first kappa shape index (κ1) is 16.9. The normalized spacial score (nSPS) is 19.1. The minimum Gasteiger partial charge on any atom is -0.467 e. The van der Waals surface area contributed by atoms with Crippen LogP contribution in [0.5, 0.6) is 0 Å². The summed E-state index contributed by atoms with van der Waals surface area (Å²) in [6.07, 6.45) is 0.635. The molecule has 24 heavy (non-hydrogen) atoms. The summed E-state index contributed by atoms with van der Waals surface area (Å²) < 4.78 is 4.65. The lowest BCUT2D eigenvalue weighted by Crippen LogP contribution is -2.41. The molecular weight excluding hydrogens is 302 g/mol. The number of ether oxygens (including phenoxy) is 1. The van der Waals surface area contributed by atoms with E-state index in [1.165, 1.54) is 23.4 Å². The van der Waals surface area contributed by atoms with E-state index in [2.05, 4.69) is 59.0 Å². The number of aliphatic hydroxyl groups excluding tert-OH is 1. The fraction of sp³-hybridized carbons (Fsp3) is 0.450. The summed E-state index contributed by atoms with van der Waals surface area (Å²) in [5, 5.41) is 12.5. The van der Waals surface area contributed by atoms with E-state index in [1.54, 1.807) is 0 Å². The van der Waals surface area contributed by atoms with Gasteiger partial charge in [0.1, 0.15) is 0 Å². The van der Waals surface area contributed by atoms with Gasteiger partial charge in [-0.2, -0.15) is 0 Å². The van der Waals surface area contributed by atoms with Crippen molar-refractivity contribution >= 4 is 16.7 Å². The third kappa shape index (κ3) is 3.45. The molecule has 0 saturated carbocycles. The van der Waals surface area contributed by atoms with Crippen LogP contribution in [0, 0.1) is 5.92 Å². The minimum absolute atomic E-state index is 0.00231. The van der Waals surface area contributed by atoms with Crippen LogP contribution in [0.4, 0.5) is 0 Å². The number of likely N-dealkylation sites (tertiary alicyclic amines) is 1. The average molecular weight is 327 g/mol. The van der Waals surface area contributed by atoms with Crippen molar-refractivity contribution in [1.82, 2.24) is 4.90 Å². The third-order valence-electron chi connectivity index (χ3n) is 5.27. The Morgan fingerprint density at radius 3 is 2.50 bits per heavy atom. The Kier molecular flexibility index (Phi) is 5.17. The molecular formula is C20H25NO3. The van der Waals surface area contributed by atoms with E-state index in [-0.39, 0.29) is 5.92 Å². The monoisotopic (exact) mass is 327 g/mol. The molecule has 128 valence electrons. The van der Waals surface area contributed by atoms with E-state index in [0.29, 0.717) is 6.04 Å². The van der Waals surface area contributed by atoms with Crippen molar-refractivity contribution in [3.63, 3.8) is 0 Å². The maximum Gasteiger partial charge on any atom is 0.334 e. The average Bonchev–Trinajstić information content (AvgIpc) is 2.66. The summed E-state index contributed by atoms with van der Waals surface area (Å²) >= 11 is 0. The molecule has 0 amide bonds. The molecule has 2 unspecified atom stereocenters. The minimum atomic E-state index is -0.992. The molecule has 1 N–H and O–H groups in total. The summed E-state index contributed by atoms with van der Waals surface area (Å²) in [6.45, 7) is 3.99. The number of methoxy groups -OCH3 is 1. The molecule has 3 rings (SSSR count). The summed E-state index contributed by atoms with van der Waals surface area (Å²) in [4.78, 5) is 13.9. The third-order valence-corrected chi connectivity index (χ3v) is 5.27. The summed E-state index contributed by atoms with van der Waals surface area (Å²) in [6, 6.07) is 15.4. The van der Waals surface area contributed by atoms with Crippen LogP contribution in [-0.4, -0.2) is 42.3 Å². The van der Waals surface area contributed by atoms with E-state index < -0.39 is 12.1 Å². The van der Waals surface area contributed by atoms with Gasteiger partial charge >= 0.3 is 5.97 Å². The lowest BCUT2D eigenvalue weighted by Gasteiger charge is -2.37. The Hall–Kier alpha value is -1.91. The molecule has 0 spiro atoms. The van der Waals surface area contributed by atoms with Gasteiger partial charge in [-0.15, -0.1) is 0 Å². The molecule has 0 aromatic heterocycles. The number of piperidine rings is 1. The van der Waals surface area contributed by atoms with E-state index in [0.717, 1.165) is 25.9 Å². The van der Waals surface area contributed by atoms with E-state index >= 15 is 0 Å². The Morgan fingerprint density at radius 2 is 1.83 bits per heavy atom. The topological polar surface area (TPSA) is 49.8 Å². The Labute approximate surface area is 143 Å². The maximum atomic E-state index is 11.5. The molecule has 4 heteroatoms. The van der Waals surface area contributed by atoms with Gasteiger partial charge in [-0.05, 0) is 61.2 Å². The number of carbonyl (C=O) groups is 1. The number of esters is 1. The van der Waals surface area contributed by atoms with Gasteiger partial charge in [0.05, 0.1) is 7.11 Å². The quantitative estimate of drug-likeness (QED) is 0.877. The van der Waals surface area contributed by atoms with Crippen molar-refractivity contribution in [2.45, 2.75) is 31.9 Å². The Morgan fingerprint density at radius 1 is 1.17 bits per heavy atom. The fourth-order valence-electron chi connectivity index (χ4n) is 3.61. The Bertz CT molecular complexity index is 707. The zero-order valence-corrected chi connectivity index (χ0v) is 14.3. The number of carbonyl (C=O) groups excluding carboxylic acids is 1. The first-order valence-electron chi connectivity index (χ1n) is 8.59. The number of fused-ring (bicyclic) bond motifs is 1. The van der Waals surface area contributed by atoms with Crippen LogP contribution >= 0.6 is 0 Å². The van der Waals surface area contributed by atoms with Crippen LogP contribution in [0.15, 0.2) is 42.5 Å². The predicted octanol–water partition coefficient (Wildman–Crippen LogP) is 3.15. The molecule has 1 fully saturated rings. The van der Waals surface area contributed by atoms with Crippen molar-refractivity contribution in [3.8, 4) is 0 Å². The second kappa shape index (κ2) is 7.32. The first-order valence-corrected chi connectivity index (χ1v) is 8.59. The van der Waals surface area contributed by atoms with Gasteiger partial charge in [0.15, 0.2) is 6.10 Å². The zero-order chi connectivity index (χ0) is 17.1.